The third-order valence-corrected chi connectivity index (χ3v) is 4.56. The molecular formula is C21H20ClN3O2. The molecule has 0 aliphatic heterocycles. The molecule has 1 amide bonds. The van der Waals surface area contributed by atoms with Crippen molar-refractivity contribution in [2.24, 2.45) is 0 Å². The Balaban J connectivity index is 1.83. The van der Waals surface area contributed by atoms with Crippen molar-refractivity contribution in [1.82, 2.24) is 4.98 Å². The minimum Gasteiger partial charge on any atom is -0.495 e. The quantitative estimate of drug-likeness (QED) is 0.624. The predicted molar refractivity (Wildman–Crippen MR) is 109 cm³/mol. The van der Waals surface area contributed by atoms with E-state index in [4.69, 9.17) is 16.3 Å². The number of ether oxygens (including phenoxy) is 1. The molecule has 6 heteroatoms. The van der Waals surface area contributed by atoms with Crippen LogP contribution in [0.4, 0.5) is 17.1 Å². The number of halogens is 1. The number of nitrogens with one attached hydrogen (secondary N) is 2. The number of hydrogen-bond acceptors (Lipinski definition) is 4. The van der Waals surface area contributed by atoms with Gasteiger partial charge in [0.05, 0.1) is 30.2 Å². The molecule has 1 aromatic heterocycles. The van der Waals surface area contributed by atoms with E-state index in [1.54, 1.807) is 25.4 Å². The van der Waals surface area contributed by atoms with Gasteiger partial charge in [0.2, 0.25) is 0 Å². The lowest BCUT2D eigenvalue weighted by atomic mass is 10.1. The molecule has 3 rings (SSSR count). The lowest BCUT2D eigenvalue weighted by Gasteiger charge is -2.14. The van der Waals surface area contributed by atoms with E-state index in [0.717, 1.165) is 22.5 Å². The fourth-order valence-corrected chi connectivity index (χ4v) is 2.78. The summed E-state index contributed by atoms with van der Waals surface area (Å²) >= 11 is 6.15. The fraction of sp³-hybridized carbons (Fsp3) is 0.143. The van der Waals surface area contributed by atoms with Crippen molar-refractivity contribution in [2.75, 3.05) is 17.7 Å². The maximum atomic E-state index is 12.6. The van der Waals surface area contributed by atoms with Gasteiger partial charge in [-0.1, -0.05) is 29.8 Å². The first-order chi connectivity index (χ1) is 13.0. The molecule has 0 aliphatic rings. The summed E-state index contributed by atoms with van der Waals surface area (Å²) in [6.07, 6.45) is 3.18. The number of pyridine rings is 1. The van der Waals surface area contributed by atoms with Gasteiger partial charge in [-0.2, -0.15) is 0 Å². The number of aromatic nitrogens is 1. The first-order valence-corrected chi connectivity index (χ1v) is 8.79. The van der Waals surface area contributed by atoms with Gasteiger partial charge in [-0.05, 0) is 43.2 Å². The molecular weight excluding hydrogens is 362 g/mol. The van der Waals surface area contributed by atoms with Crippen LogP contribution < -0.4 is 15.4 Å². The summed E-state index contributed by atoms with van der Waals surface area (Å²) in [5.41, 5.74) is 4.56. The van der Waals surface area contributed by atoms with Crippen LogP contribution >= 0.6 is 11.6 Å². The Morgan fingerprint density at radius 2 is 1.81 bits per heavy atom. The van der Waals surface area contributed by atoms with E-state index in [9.17, 15) is 4.79 Å². The smallest absolute Gasteiger partial charge is 0.257 e. The number of hydrogen-bond donors (Lipinski definition) is 2. The fourth-order valence-electron chi connectivity index (χ4n) is 2.63. The lowest BCUT2D eigenvalue weighted by Crippen LogP contribution is -2.13. The summed E-state index contributed by atoms with van der Waals surface area (Å²) in [5.74, 6) is 0.389. The van der Waals surface area contributed by atoms with Crippen molar-refractivity contribution in [2.45, 2.75) is 13.8 Å². The second-order valence-electron chi connectivity index (χ2n) is 6.16. The number of aryl methyl sites for hydroxylation is 2. The van der Waals surface area contributed by atoms with E-state index in [1.165, 1.54) is 6.20 Å². The molecule has 0 saturated carbocycles. The minimum absolute atomic E-state index is 0.222. The summed E-state index contributed by atoms with van der Waals surface area (Å²) in [6.45, 7) is 3.86. The number of para-hydroxylation sites is 1. The van der Waals surface area contributed by atoms with Gasteiger partial charge >= 0.3 is 0 Å². The van der Waals surface area contributed by atoms with Crippen LogP contribution in [-0.4, -0.2) is 18.0 Å². The molecule has 2 N–H and O–H groups in total. The zero-order valence-electron chi connectivity index (χ0n) is 15.3. The highest BCUT2D eigenvalue weighted by Gasteiger charge is 2.11. The molecule has 0 radical (unpaired) electrons. The summed E-state index contributed by atoms with van der Waals surface area (Å²) in [4.78, 5) is 16.7. The van der Waals surface area contributed by atoms with E-state index in [0.29, 0.717) is 22.0 Å². The van der Waals surface area contributed by atoms with Crippen LogP contribution in [0.2, 0.25) is 5.02 Å². The topological polar surface area (TPSA) is 63.2 Å². The predicted octanol–water partition coefficient (Wildman–Crippen LogP) is 5.36. The Labute approximate surface area is 163 Å². The van der Waals surface area contributed by atoms with Crippen molar-refractivity contribution in [3.8, 4) is 5.75 Å². The first kappa shape index (κ1) is 18.7. The van der Waals surface area contributed by atoms with Gasteiger partial charge in [-0.25, -0.2) is 0 Å². The third kappa shape index (κ3) is 4.38. The monoisotopic (exact) mass is 381 g/mol. The first-order valence-electron chi connectivity index (χ1n) is 8.41. The highest BCUT2D eigenvalue weighted by Crippen LogP contribution is 2.33. The number of anilines is 3. The van der Waals surface area contributed by atoms with Crippen molar-refractivity contribution in [3.05, 3.63) is 76.6 Å². The molecule has 5 nitrogen and oxygen atoms in total. The highest BCUT2D eigenvalue weighted by atomic mass is 35.5. The van der Waals surface area contributed by atoms with Gasteiger partial charge in [-0.15, -0.1) is 0 Å². The van der Waals surface area contributed by atoms with E-state index in [1.807, 2.05) is 44.2 Å². The molecule has 0 saturated heterocycles. The van der Waals surface area contributed by atoms with Crippen molar-refractivity contribution >= 4 is 34.6 Å². The largest absolute Gasteiger partial charge is 0.495 e. The molecule has 2 aromatic carbocycles. The van der Waals surface area contributed by atoms with E-state index >= 15 is 0 Å². The van der Waals surface area contributed by atoms with Crippen LogP contribution in [0, 0.1) is 13.8 Å². The van der Waals surface area contributed by atoms with Crippen LogP contribution in [-0.2, 0) is 0 Å². The second-order valence-corrected chi connectivity index (χ2v) is 6.57. The Bertz CT molecular complexity index is 989. The average molecular weight is 382 g/mol. The average Bonchev–Trinajstić information content (AvgIpc) is 2.66. The Morgan fingerprint density at radius 1 is 1.04 bits per heavy atom. The van der Waals surface area contributed by atoms with Crippen LogP contribution in [0.25, 0.3) is 0 Å². The van der Waals surface area contributed by atoms with Crippen molar-refractivity contribution < 1.29 is 9.53 Å². The number of amides is 1. The Morgan fingerprint density at radius 3 is 2.56 bits per heavy atom. The molecule has 0 unspecified atom stereocenters. The van der Waals surface area contributed by atoms with Gasteiger partial charge in [0, 0.05) is 23.0 Å². The molecule has 0 spiro atoms. The number of rotatable bonds is 5. The van der Waals surface area contributed by atoms with E-state index in [-0.39, 0.29) is 5.91 Å². The molecule has 0 atom stereocenters. The third-order valence-electron chi connectivity index (χ3n) is 4.15. The van der Waals surface area contributed by atoms with Crippen LogP contribution in [0.1, 0.15) is 21.5 Å². The molecule has 1 heterocycles. The molecule has 0 fully saturated rings. The van der Waals surface area contributed by atoms with Crippen LogP contribution in [0.5, 0.6) is 5.75 Å². The van der Waals surface area contributed by atoms with Gasteiger partial charge in [0.25, 0.3) is 5.91 Å². The molecule has 27 heavy (non-hydrogen) atoms. The maximum Gasteiger partial charge on any atom is 0.257 e. The second kappa shape index (κ2) is 8.10. The van der Waals surface area contributed by atoms with Crippen molar-refractivity contribution in [3.63, 3.8) is 0 Å². The Hall–Kier alpha value is -3.05. The van der Waals surface area contributed by atoms with Crippen LogP contribution in [0.3, 0.4) is 0 Å². The summed E-state index contributed by atoms with van der Waals surface area (Å²) in [5, 5.41) is 6.77. The number of carbonyl (C=O) groups is 1. The number of carbonyl (C=O) groups excluding carboxylic acids is 1. The van der Waals surface area contributed by atoms with E-state index in [2.05, 4.69) is 15.6 Å². The summed E-state index contributed by atoms with van der Waals surface area (Å²) in [6, 6.07) is 13.0. The Kier molecular flexibility index (Phi) is 5.62. The summed E-state index contributed by atoms with van der Waals surface area (Å²) in [7, 11) is 1.58. The molecule has 0 aliphatic carbocycles. The van der Waals surface area contributed by atoms with Gasteiger partial charge < -0.3 is 15.4 Å². The van der Waals surface area contributed by atoms with E-state index < -0.39 is 0 Å². The standard InChI is InChI=1S/C21H20ClN3O2/c1-13-6-4-5-7-18(13)25-21(26)15-9-16(12-23-11-15)24-19-8-14(2)17(22)10-20(19)27-3/h4-12,24H,1-3H3,(H,25,26). The number of nitrogens with zero attached hydrogens (tertiary/aromatic N) is 1. The number of methoxy groups -OCH3 is 1. The SMILES string of the molecule is COc1cc(Cl)c(C)cc1Nc1cncc(C(=O)Nc2ccccc2C)c1. The zero-order valence-corrected chi connectivity index (χ0v) is 16.1. The molecule has 3 aromatic rings. The summed E-state index contributed by atoms with van der Waals surface area (Å²) < 4.78 is 5.38. The minimum atomic E-state index is -0.222. The lowest BCUT2D eigenvalue weighted by molar-refractivity contribution is 0.102. The molecule has 0 bridgehead atoms. The normalized spacial score (nSPS) is 10.4. The van der Waals surface area contributed by atoms with Crippen molar-refractivity contribution in [1.29, 1.82) is 0 Å². The maximum absolute atomic E-state index is 12.6. The molecule has 138 valence electrons. The van der Waals surface area contributed by atoms with Gasteiger partial charge in [-0.3, -0.25) is 9.78 Å². The van der Waals surface area contributed by atoms with Gasteiger partial charge in [0.15, 0.2) is 0 Å². The number of benzene rings is 2. The highest BCUT2D eigenvalue weighted by molar-refractivity contribution is 6.31. The van der Waals surface area contributed by atoms with Gasteiger partial charge in [0.1, 0.15) is 5.75 Å². The van der Waals surface area contributed by atoms with Crippen LogP contribution in [0.15, 0.2) is 54.9 Å². The zero-order chi connectivity index (χ0) is 19.4.